The normalized spacial score (nSPS) is 10.9. The Labute approximate surface area is 240 Å². The monoisotopic (exact) mass is 524 g/mol. The number of hydrogen-bond donors (Lipinski definition) is 0. The highest BCUT2D eigenvalue weighted by molar-refractivity contribution is 5.83. The molecule has 0 N–H and O–H groups in total. The molecule has 0 amide bonds. The van der Waals surface area contributed by atoms with Crippen LogP contribution in [0.25, 0.3) is 0 Å². The van der Waals surface area contributed by atoms with Crippen molar-refractivity contribution in [2.45, 2.75) is 53.4 Å². The third-order valence-electron chi connectivity index (χ3n) is 7.76. The summed E-state index contributed by atoms with van der Waals surface area (Å²) >= 11 is 0. The zero-order valence-corrected chi connectivity index (χ0v) is 24.3. The summed E-state index contributed by atoms with van der Waals surface area (Å²) < 4.78 is 0. The van der Waals surface area contributed by atoms with Crippen LogP contribution in [0.3, 0.4) is 0 Å². The molecule has 2 nitrogen and oxygen atoms in total. The smallest absolute Gasteiger partial charge is 0.0482 e. The van der Waals surface area contributed by atoms with Crippen LogP contribution in [0.4, 0.5) is 34.1 Å². The van der Waals surface area contributed by atoms with Gasteiger partial charge in [0.2, 0.25) is 0 Å². The summed E-state index contributed by atoms with van der Waals surface area (Å²) in [5, 5.41) is 0. The van der Waals surface area contributed by atoms with Gasteiger partial charge in [-0.05, 0) is 115 Å². The fraction of sp³-hybridized carbons (Fsp3) is 0.211. The first-order valence-electron chi connectivity index (χ1n) is 14.7. The summed E-state index contributed by atoms with van der Waals surface area (Å²) in [5.41, 5.74) is 12.3. The zero-order chi connectivity index (χ0) is 27.9. The zero-order valence-electron chi connectivity index (χ0n) is 24.3. The van der Waals surface area contributed by atoms with Crippen molar-refractivity contribution < 1.29 is 0 Å². The lowest BCUT2D eigenvalue weighted by molar-refractivity contribution is 1.13. The van der Waals surface area contributed by atoms with E-state index in [1.807, 2.05) is 0 Å². The molecule has 0 radical (unpaired) electrons. The van der Waals surface area contributed by atoms with Gasteiger partial charge in [-0.1, -0.05) is 82.3 Å². The van der Waals surface area contributed by atoms with Crippen LogP contribution in [0.1, 0.15) is 49.9 Å². The van der Waals surface area contributed by atoms with Crippen LogP contribution in [0.2, 0.25) is 0 Å². The third kappa shape index (κ3) is 5.97. The van der Waals surface area contributed by atoms with E-state index in [0.717, 1.165) is 59.8 Å². The van der Waals surface area contributed by atoms with E-state index in [9.17, 15) is 0 Å². The van der Waals surface area contributed by atoms with Crippen molar-refractivity contribution in [1.29, 1.82) is 0 Å². The SMILES string of the molecule is CCc1ccc(N(c2ccc(CC)cc2)c2cccc(N(c3ccc(CC)cc3)c3ccc(CC)cc3)c2)cc1. The van der Waals surface area contributed by atoms with Crippen molar-refractivity contribution in [3.8, 4) is 0 Å². The quantitative estimate of drug-likeness (QED) is 0.179. The number of nitrogens with zero attached hydrogens (tertiary/aromatic N) is 2. The summed E-state index contributed by atoms with van der Waals surface area (Å²) in [4.78, 5) is 4.72. The predicted octanol–water partition coefficient (Wildman–Crippen LogP) is 10.9. The number of rotatable bonds is 10. The van der Waals surface area contributed by atoms with Crippen LogP contribution in [0, 0.1) is 0 Å². The molecule has 0 aliphatic rings. The molecule has 40 heavy (non-hydrogen) atoms. The van der Waals surface area contributed by atoms with E-state index < -0.39 is 0 Å². The first-order valence-corrected chi connectivity index (χ1v) is 14.7. The Bertz CT molecular complexity index is 1290. The molecule has 0 aromatic heterocycles. The van der Waals surface area contributed by atoms with Gasteiger partial charge in [-0.15, -0.1) is 0 Å². The number of hydrogen-bond acceptors (Lipinski definition) is 2. The highest BCUT2D eigenvalue weighted by atomic mass is 15.2. The lowest BCUT2D eigenvalue weighted by Crippen LogP contribution is -2.13. The van der Waals surface area contributed by atoms with E-state index in [1.165, 1.54) is 22.3 Å². The molecular weight excluding hydrogens is 484 g/mol. The van der Waals surface area contributed by atoms with Crippen LogP contribution in [0.5, 0.6) is 0 Å². The van der Waals surface area contributed by atoms with E-state index >= 15 is 0 Å². The standard InChI is InChI=1S/C38H40N2/c1-5-29-12-20-33(21-13-29)39(34-22-14-30(6-2)15-23-34)37-10-9-11-38(28-37)40(35-24-16-31(7-3)17-25-35)36-26-18-32(8-4)19-27-36/h9-28H,5-8H2,1-4H3. The molecule has 5 aromatic carbocycles. The summed E-state index contributed by atoms with van der Waals surface area (Å²) in [5.74, 6) is 0. The summed E-state index contributed by atoms with van der Waals surface area (Å²) in [7, 11) is 0. The Morgan fingerprint density at radius 2 is 0.575 bits per heavy atom. The molecule has 0 saturated heterocycles. The molecule has 0 aliphatic heterocycles. The number of anilines is 6. The van der Waals surface area contributed by atoms with Crippen LogP contribution < -0.4 is 9.80 Å². The van der Waals surface area contributed by atoms with Gasteiger partial charge in [0.05, 0.1) is 0 Å². The molecule has 0 atom stereocenters. The van der Waals surface area contributed by atoms with E-state index in [2.05, 4.69) is 159 Å². The predicted molar refractivity (Wildman–Crippen MR) is 173 cm³/mol. The number of aryl methyl sites for hydroxylation is 4. The molecule has 0 fully saturated rings. The first kappa shape index (κ1) is 27.3. The van der Waals surface area contributed by atoms with Gasteiger partial charge in [-0.2, -0.15) is 0 Å². The molecular formula is C38H40N2. The Balaban J connectivity index is 1.63. The van der Waals surface area contributed by atoms with E-state index in [1.54, 1.807) is 0 Å². The summed E-state index contributed by atoms with van der Waals surface area (Å²) in [6, 6.07) is 44.7. The van der Waals surface area contributed by atoms with Crippen LogP contribution in [-0.2, 0) is 25.7 Å². The van der Waals surface area contributed by atoms with Crippen LogP contribution >= 0.6 is 0 Å². The second-order valence-corrected chi connectivity index (χ2v) is 10.3. The van der Waals surface area contributed by atoms with Gasteiger partial charge in [-0.3, -0.25) is 0 Å². The van der Waals surface area contributed by atoms with E-state index in [-0.39, 0.29) is 0 Å². The Morgan fingerprint density at radius 3 is 0.800 bits per heavy atom. The van der Waals surface area contributed by atoms with Gasteiger partial charge in [0.25, 0.3) is 0 Å². The Kier molecular flexibility index (Phi) is 8.66. The lowest BCUT2D eigenvalue weighted by Gasteiger charge is -2.29. The topological polar surface area (TPSA) is 6.48 Å². The molecule has 202 valence electrons. The van der Waals surface area contributed by atoms with Gasteiger partial charge < -0.3 is 9.80 Å². The minimum Gasteiger partial charge on any atom is -0.310 e. The average Bonchev–Trinajstić information content (AvgIpc) is 3.03. The maximum Gasteiger partial charge on any atom is 0.0482 e. The molecule has 5 aromatic rings. The molecule has 0 heterocycles. The van der Waals surface area contributed by atoms with Crippen molar-refractivity contribution in [3.05, 3.63) is 144 Å². The summed E-state index contributed by atoms with van der Waals surface area (Å²) in [6.45, 7) is 8.81. The molecule has 0 unspecified atom stereocenters. The van der Waals surface area contributed by atoms with E-state index in [4.69, 9.17) is 0 Å². The van der Waals surface area contributed by atoms with Gasteiger partial charge in [0.1, 0.15) is 0 Å². The lowest BCUT2D eigenvalue weighted by atomic mass is 10.1. The maximum atomic E-state index is 2.36. The Hall–Kier alpha value is -4.30. The summed E-state index contributed by atoms with van der Waals surface area (Å²) in [6.07, 6.45) is 4.13. The van der Waals surface area contributed by atoms with Crippen molar-refractivity contribution in [1.82, 2.24) is 0 Å². The van der Waals surface area contributed by atoms with Crippen molar-refractivity contribution in [2.75, 3.05) is 9.80 Å². The highest BCUT2D eigenvalue weighted by Crippen LogP contribution is 2.40. The third-order valence-corrected chi connectivity index (χ3v) is 7.76. The van der Waals surface area contributed by atoms with Crippen molar-refractivity contribution in [3.63, 3.8) is 0 Å². The van der Waals surface area contributed by atoms with Crippen LogP contribution in [0.15, 0.2) is 121 Å². The molecule has 0 saturated carbocycles. The fourth-order valence-corrected chi connectivity index (χ4v) is 5.19. The highest BCUT2D eigenvalue weighted by Gasteiger charge is 2.17. The van der Waals surface area contributed by atoms with Crippen molar-refractivity contribution >= 4 is 34.1 Å². The van der Waals surface area contributed by atoms with Gasteiger partial charge in [0, 0.05) is 34.1 Å². The van der Waals surface area contributed by atoms with Gasteiger partial charge in [0.15, 0.2) is 0 Å². The molecule has 0 bridgehead atoms. The first-order chi connectivity index (χ1) is 19.6. The second-order valence-electron chi connectivity index (χ2n) is 10.3. The fourth-order valence-electron chi connectivity index (χ4n) is 5.19. The van der Waals surface area contributed by atoms with Gasteiger partial charge >= 0.3 is 0 Å². The van der Waals surface area contributed by atoms with Crippen LogP contribution in [-0.4, -0.2) is 0 Å². The van der Waals surface area contributed by atoms with Gasteiger partial charge in [-0.25, -0.2) is 0 Å². The molecule has 0 aliphatic carbocycles. The molecule has 5 rings (SSSR count). The second kappa shape index (κ2) is 12.7. The Morgan fingerprint density at radius 1 is 0.325 bits per heavy atom. The maximum absolute atomic E-state index is 2.36. The minimum atomic E-state index is 1.03. The molecule has 2 heteroatoms. The largest absolute Gasteiger partial charge is 0.310 e. The average molecular weight is 525 g/mol. The minimum absolute atomic E-state index is 1.03. The molecule has 0 spiro atoms. The van der Waals surface area contributed by atoms with E-state index in [0.29, 0.717) is 0 Å². The van der Waals surface area contributed by atoms with Crippen molar-refractivity contribution in [2.24, 2.45) is 0 Å². The number of benzene rings is 5.